The van der Waals surface area contributed by atoms with Gasteiger partial charge in [0.1, 0.15) is 17.7 Å². The number of phenolic OH excluding ortho intramolecular Hbond substituents is 1. The quantitative estimate of drug-likeness (QED) is 0.289. The lowest BCUT2D eigenvalue weighted by molar-refractivity contribution is -0.145. The topological polar surface area (TPSA) is 127 Å². The molecule has 3 N–H and O–H groups in total. The normalized spacial score (nSPS) is 11.9. The molecule has 0 aliphatic carbocycles. The number of aromatic hydroxyl groups is 1. The van der Waals surface area contributed by atoms with Crippen LogP contribution in [0.25, 0.3) is 22.3 Å². The zero-order valence-electron chi connectivity index (χ0n) is 17.6. The number of carbonyl (C=O) groups excluding carboxylic acids is 1. The van der Waals surface area contributed by atoms with E-state index in [0.29, 0.717) is 23.8 Å². The summed E-state index contributed by atoms with van der Waals surface area (Å²) in [6, 6.07) is 12.7. The molecule has 32 heavy (non-hydrogen) atoms. The standard InChI is InChI=1S/C22H23IN4O5/c1-13-7-8-14-16(11-13)24-20(15-5-3-4-6-17(15)28)25-21(14)26(2)9-10-27(23)22(32)18(29)12-19(30)31/h3-8,11,18,28-29H,9-10,12H2,1-2H3,(H,30,31)/t18-/m1/s1. The van der Waals surface area contributed by atoms with E-state index in [-0.39, 0.29) is 12.3 Å². The predicted octanol–water partition coefficient (Wildman–Crippen LogP) is 2.76. The van der Waals surface area contributed by atoms with Crippen LogP contribution in [0.4, 0.5) is 5.82 Å². The molecule has 0 bridgehead atoms. The van der Waals surface area contributed by atoms with Gasteiger partial charge in [-0.15, -0.1) is 0 Å². The molecule has 0 saturated carbocycles. The third-order valence-corrected chi connectivity index (χ3v) is 5.82. The Labute approximate surface area is 198 Å². The van der Waals surface area contributed by atoms with Gasteiger partial charge in [-0.1, -0.05) is 18.2 Å². The first-order chi connectivity index (χ1) is 15.2. The highest BCUT2D eigenvalue weighted by Crippen LogP contribution is 2.31. The van der Waals surface area contributed by atoms with Gasteiger partial charge >= 0.3 is 5.97 Å². The van der Waals surface area contributed by atoms with Gasteiger partial charge < -0.3 is 20.2 Å². The van der Waals surface area contributed by atoms with Crippen LogP contribution in [0.5, 0.6) is 5.75 Å². The van der Waals surface area contributed by atoms with Crippen LogP contribution in [0.2, 0.25) is 0 Å². The maximum atomic E-state index is 12.2. The smallest absolute Gasteiger partial charge is 0.306 e. The van der Waals surface area contributed by atoms with Crippen molar-refractivity contribution < 1.29 is 24.9 Å². The zero-order chi connectivity index (χ0) is 23.4. The minimum absolute atomic E-state index is 0.0737. The number of aliphatic hydroxyl groups excluding tert-OH is 1. The number of fused-ring (bicyclic) bond motifs is 1. The van der Waals surface area contributed by atoms with Crippen molar-refractivity contribution in [1.29, 1.82) is 0 Å². The lowest BCUT2D eigenvalue weighted by Crippen LogP contribution is -2.38. The molecule has 0 unspecified atom stereocenters. The summed E-state index contributed by atoms with van der Waals surface area (Å²) in [5.74, 6) is -0.838. The predicted molar refractivity (Wildman–Crippen MR) is 129 cm³/mol. The number of rotatable bonds is 8. The number of likely N-dealkylation sites (N-methyl/N-ethyl adjacent to an activating group) is 1. The van der Waals surface area contributed by atoms with Gasteiger partial charge in [-0.3, -0.25) is 12.7 Å². The van der Waals surface area contributed by atoms with Crippen LogP contribution in [-0.2, 0) is 9.59 Å². The van der Waals surface area contributed by atoms with E-state index in [1.807, 2.05) is 37.1 Å². The first-order valence-corrected chi connectivity index (χ1v) is 10.8. The molecular weight excluding hydrogens is 527 g/mol. The summed E-state index contributed by atoms with van der Waals surface area (Å²) in [6.07, 6.45) is -2.24. The number of hydrogen-bond donors (Lipinski definition) is 3. The van der Waals surface area contributed by atoms with E-state index in [0.717, 1.165) is 16.5 Å². The number of phenols is 1. The maximum absolute atomic E-state index is 12.2. The third kappa shape index (κ3) is 5.43. The largest absolute Gasteiger partial charge is 0.507 e. The third-order valence-electron chi connectivity index (χ3n) is 4.86. The van der Waals surface area contributed by atoms with Crippen molar-refractivity contribution in [2.24, 2.45) is 0 Å². The van der Waals surface area contributed by atoms with Gasteiger partial charge in [-0.25, -0.2) is 9.97 Å². The summed E-state index contributed by atoms with van der Waals surface area (Å²) in [4.78, 5) is 34.1. The van der Waals surface area contributed by atoms with Crippen LogP contribution < -0.4 is 4.90 Å². The maximum Gasteiger partial charge on any atom is 0.306 e. The van der Waals surface area contributed by atoms with Gasteiger partial charge in [0.05, 0.1) is 40.4 Å². The van der Waals surface area contributed by atoms with Gasteiger partial charge in [0.25, 0.3) is 5.91 Å². The molecule has 0 aliphatic rings. The molecule has 0 fully saturated rings. The SMILES string of the molecule is Cc1ccc2c(N(C)CCN(I)C(=O)[C@H](O)CC(=O)O)nc(-c3ccccc3O)nc2c1. The number of aliphatic carboxylic acids is 1. The van der Waals surface area contributed by atoms with Crippen LogP contribution in [0.1, 0.15) is 12.0 Å². The van der Waals surface area contributed by atoms with Crippen LogP contribution >= 0.6 is 22.9 Å². The molecule has 0 radical (unpaired) electrons. The number of nitrogens with zero attached hydrogens (tertiary/aromatic N) is 4. The highest BCUT2D eigenvalue weighted by atomic mass is 127. The molecule has 3 aromatic rings. The minimum atomic E-state index is -1.59. The van der Waals surface area contributed by atoms with Crippen molar-refractivity contribution in [1.82, 2.24) is 13.1 Å². The van der Waals surface area contributed by atoms with Gasteiger partial charge in [0.15, 0.2) is 5.82 Å². The van der Waals surface area contributed by atoms with Gasteiger partial charge in [-0.2, -0.15) is 0 Å². The molecule has 9 nitrogen and oxygen atoms in total. The Morgan fingerprint density at radius 1 is 1.12 bits per heavy atom. The van der Waals surface area contributed by atoms with Crippen molar-refractivity contribution in [2.45, 2.75) is 19.4 Å². The first-order valence-electron chi connectivity index (χ1n) is 9.82. The van der Waals surface area contributed by atoms with Crippen molar-refractivity contribution >= 4 is 51.5 Å². The molecule has 1 aromatic heterocycles. The number of halogens is 1. The summed E-state index contributed by atoms with van der Waals surface area (Å²) in [5.41, 5.74) is 2.26. The van der Waals surface area contributed by atoms with Gasteiger partial charge in [0, 0.05) is 25.5 Å². The van der Waals surface area contributed by atoms with E-state index in [2.05, 4.69) is 9.97 Å². The Kier molecular flexibility index (Phi) is 7.46. The number of aryl methyl sites for hydroxylation is 1. The van der Waals surface area contributed by atoms with Crippen LogP contribution in [0.15, 0.2) is 42.5 Å². The molecule has 1 atom stereocenters. The fourth-order valence-corrected chi connectivity index (χ4v) is 3.70. The molecule has 0 saturated heterocycles. The minimum Gasteiger partial charge on any atom is -0.507 e. The second-order valence-electron chi connectivity index (χ2n) is 7.37. The molecule has 10 heteroatoms. The fraction of sp³-hybridized carbons (Fsp3) is 0.273. The molecule has 0 aliphatic heterocycles. The van der Waals surface area contributed by atoms with Crippen molar-refractivity contribution in [2.75, 3.05) is 25.0 Å². The van der Waals surface area contributed by atoms with Crippen molar-refractivity contribution in [3.05, 3.63) is 48.0 Å². The Morgan fingerprint density at radius 3 is 2.53 bits per heavy atom. The Morgan fingerprint density at radius 2 is 1.84 bits per heavy atom. The van der Waals surface area contributed by atoms with E-state index in [1.54, 1.807) is 47.1 Å². The number of amides is 1. The Hall–Kier alpha value is -2.99. The molecule has 1 heterocycles. The molecule has 1 amide bonds. The van der Waals surface area contributed by atoms with Crippen LogP contribution in [0, 0.1) is 6.92 Å². The number of anilines is 1. The summed E-state index contributed by atoms with van der Waals surface area (Å²) >= 11 is 1.76. The molecule has 3 rings (SSSR count). The lowest BCUT2D eigenvalue weighted by atomic mass is 10.1. The Balaban J connectivity index is 1.89. The monoisotopic (exact) mass is 550 g/mol. The average molecular weight is 550 g/mol. The van der Waals surface area contributed by atoms with Crippen molar-refractivity contribution in [3.63, 3.8) is 0 Å². The van der Waals surface area contributed by atoms with Crippen molar-refractivity contribution in [3.8, 4) is 17.1 Å². The summed E-state index contributed by atoms with van der Waals surface area (Å²) in [5, 5.41) is 29.6. The van der Waals surface area contributed by atoms with E-state index >= 15 is 0 Å². The molecule has 2 aromatic carbocycles. The number of carbonyl (C=O) groups is 2. The average Bonchev–Trinajstić information content (AvgIpc) is 2.75. The summed E-state index contributed by atoms with van der Waals surface area (Å²) in [6.45, 7) is 2.57. The van der Waals surface area contributed by atoms with E-state index < -0.39 is 24.4 Å². The highest BCUT2D eigenvalue weighted by Gasteiger charge is 2.24. The summed E-state index contributed by atoms with van der Waals surface area (Å²) in [7, 11) is 1.82. The number of hydrogen-bond acceptors (Lipinski definition) is 7. The molecule has 168 valence electrons. The van der Waals surface area contributed by atoms with E-state index in [9.17, 15) is 19.8 Å². The highest BCUT2D eigenvalue weighted by molar-refractivity contribution is 14.1. The number of para-hydroxylation sites is 1. The van der Waals surface area contributed by atoms with Crippen LogP contribution in [0.3, 0.4) is 0 Å². The number of benzene rings is 2. The Bertz CT molecular complexity index is 1160. The number of carboxylic acids is 1. The zero-order valence-corrected chi connectivity index (χ0v) is 19.7. The summed E-state index contributed by atoms with van der Waals surface area (Å²) < 4.78 is 1.26. The van der Waals surface area contributed by atoms with Gasteiger partial charge in [-0.05, 0) is 36.8 Å². The van der Waals surface area contributed by atoms with Crippen LogP contribution in [-0.4, -0.2) is 66.5 Å². The second kappa shape index (κ2) is 10.1. The first kappa shape index (κ1) is 23.7. The lowest BCUT2D eigenvalue weighted by Gasteiger charge is -2.24. The molecule has 0 spiro atoms. The number of aromatic nitrogens is 2. The molecular formula is C22H23IN4O5. The number of carboxylic acid groups (broad SMARTS) is 1. The van der Waals surface area contributed by atoms with Gasteiger partial charge in [0.2, 0.25) is 0 Å². The fourth-order valence-electron chi connectivity index (χ4n) is 3.17. The number of aliphatic hydroxyl groups is 1. The van der Waals surface area contributed by atoms with E-state index in [1.165, 1.54) is 3.11 Å². The van der Waals surface area contributed by atoms with E-state index in [4.69, 9.17) is 5.11 Å². The second-order valence-corrected chi connectivity index (χ2v) is 8.53.